The molecule has 0 aromatic heterocycles. The van der Waals surface area contributed by atoms with Crippen molar-refractivity contribution in [3.05, 3.63) is 57.1 Å². The lowest BCUT2D eigenvalue weighted by molar-refractivity contribution is -0.384. The van der Waals surface area contributed by atoms with Crippen molar-refractivity contribution in [3.8, 4) is 5.75 Å². The molecule has 1 N–H and O–H groups in total. The van der Waals surface area contributed by atoms with Gasteiger partial charge in [-0.05, 0) is 24.3 Å². The fraction of sp³-hybridized carbons (Fsp3) is 0.333. The highest BCUT2D eigenvalue weighted by atomic mass is 35.5. The maximum Gasteiger partial charge on any atom is 0.270 e. The van der Waals surface area contributed by atoms with E-state index in [0.717, 1.165) is 0 Å². The van der Waals surface area contributed by atoms with E-state index in [1.165, 1.54) is 37.3 Å². The molecule has 32 heavy (non-hydrogen) atoms. The minimum Gasteiger partial charge on any atom is -0.495 e. The number of halogens is 1. The third kappa shape index (κ3) is 5.45. The van der Waals surface area contributed by atoms with Crippen LogP contribution in [-0.4, -0.2) is 68.6 Å². The van der Waals surface area contributed by atoms with Crippen LogP contribution in [0.2, 0.25) is 5.02 Å². The number of likely N-dealkylation sites (N-methyl/N-ethyl adjacent to an activating group) is 1. The van der Waals surface area contributed by atoms with Gasteiger partial charge in [-0.1, -0.05) is 11.6 Å². The molecule has 0 spiro atoms. The largest absolute Gasteiger partial charge is 0.495 e. The molecule has 1 saturated heterocycles. The average Bonchev–Trinajstić information content (AvgIpc) is 2.78. The molecule has 0 unspecified atom stereocenters. The predicted octanol–water partition coefficient (Wildman–Crippen LogP) is 2.80. The summed E-state index contributed by atoms with van der Waals surface area (Å²) in [5.41, 5.74) is 0.881. The number of hydrogen-bond donors (Lipinski definition) is 1. The van der Waals surface area contributed by atoms with Crippen molar-refractivity contribution in [3.63, 3.8) is 0 Å². The summed E-state index contributed by atoms with van der Waals surface area (Å²) >= 11 is 5.99. The number of carbonyl (C=O) groups is 2. The third-order valence-electron chi connectivity index (χ3n) is 4.94. The summed E-state index contributed by atoms with van der Waals surface area (Å²) in [6, 6.07) is 8.94. The van der Waals surface area contributed by atoms with Crippen LogP contribution < -0.4 is 15.0 Å². The summed E-state index contributed by atoms with van der Waals surface area (Å²) in [5.74, 6) is -0.562. The van der Waals surface area contributed by atoms with E-state index in [-0.39, 0.29) is 17.8 Å². The van der Waals surface area contributed by atoms with Crippen molar-refractivity contribution < 1.29 is 24.0 Å². The number of benzene rings is 2. The van der Waals surface area contributed by atoms with Crippen LogP contribution in [0.5, 0.6) is 5.75 Å². The molecule has 1 aliphatic rings. The quantitative estimate of drug-likeness (QED) is 0.497. The topological polar surface area (TPSA) is 114 Å². The van der Waals surface area contributed by atoms with Crippen LogP contribution in [0.1, 0.15) is 10.4 Å². The SMILES string of the molecule is COc1ccc(Cl)cc1NC(=O)CN(C)C(=O)c1cc([N+](=O)[O-])ccc1N1CCOCC1. The van der Waals surface area contributed by atoms with Crippen LogP contribution in [0.25, 0.3) is 0 Å². The molecule has 11 heteroatoms. The summed E-state index contributed by atoms with van der Waals surface area (Å²) in [4.78, 5) is 39.6. The number of anilines is 2. The second-order valence-electron chi connectivity index (χ2n) is 7.11. The molecule has 1 fully saturated rings. The van der Waals surface area contributed by atoms with E-state index in [9.17, 15) is 19.7 Å². The van der Waals surface area contributed by atoms with Crippen molar-refractivity contribution in [1.82, 2.24) is 4.90 Å². The first-order chi connectivity index (χ1) is 15.3. The molecule has 0 aliphatic carbocycles. The highest BCUT2D eigenvalue weighted by molar-refractivity contribution is 6.31. The summed E-state index contributed by atoms with van der Waals surface area (Å²) in [6.07, 6.45) is 0. The lowest BCUT2D eigenvalue weighted by Crippen LogP contribution is -2.39. The Balaban J connectivity index is 1.80. The van der Waals surface area contributed by atoms with Crippen LogP contribution in [0, 0.1) is 10.1 Å². The number of methoxy groups -OCH3 is 1. The number of morpholine rings is 1. The number of nitro groups is 1. The van der Waals surface area contributed by atoms with Gasteiger partial charge in [0.2, 0.25) is 5.91 Å². The van der Waals surface area contributed by atoms with Gasteiger partial charge >= 0.3 is 0 Å². The summed E-state index contributed by atoms with van der Waals surface area (Å²) in [7, 11) is 2.92. The third-order valence-corrected chi connectivity index (χ3v) is 5.17. The molecule has 0 radical (unpaired) electrons. The second kappa shape index (κ2) is 10.3. The van der Waals surface area contributed by atoms with Gasteiger partial charge in [0.05, 0.1) is 48.7 Å². The Morgan fingerprint density at radius 1 is 1.25 bits per heavy atom. The Morgan fingerprint density at radius 3 is 2.62 bits per heavy atom. The lowest BCUT2D eigenvalue weighted by atomic mass is 10.1. The number of non-ortho nitro benzene ring substituents is 1. The smallest absolute Gasteiger partial charge is 0.270 e. The van der Waals surface area contributed by atoms with Gasteiger partial charge in [0.25, 0.3) is 11.6 Å². The molecule has 2 aromatic rings. The van der Waals surface area contributed by atoms with Crippen molar-refractivity contribution >= 4 is 40.5 Å². The summed E-state index contributed by atoms with van der Waals surface area (Å²) in [6.45, 7) is 1.81. The number of nitrogens with one attached hydrogen (secondary N) is 1. The van der Waals surface area contributed by atoms with Gasteiger partial charge in [-0.2, -0.15) is 0 Å². The minimum atomic E-state index is -0.558. The number of hydrogen-bond acceptors (Lipinski definition) is 7. The maximum absolute atomic E-state index is 13.2. The van der Waals surface area contributed by atoms with E-state index in [1.54, 1.807) is 18.2 Å². The molecule has 1 aliphatic heterocycles. The number of carbonyl (C=O) groups excluding carboxylic acids is 2. The minimum absolute atomic E-state index is 0.150. The van der Waals surface area contributed by atoms with Gasteiger partial charge in [-0.15, -0.1) is 0 Å². The first-order valence-corrected chi connectivity index (χ1v) is 10.2. The summed E-state index contributed by atoms with van der Waals surface area (Å²) < 4.78 is 10.6. The van der Waals surface area contributed by atoms with E-state index in [0.29, 0.717) is 48.5 Å². The Bertz CT molecular complexity index is 1030. The van der Waals surface area contributed by atoms with Gasteiger partial charge in [0, 0.05) is 37.3 Å². The molecular formula is C21H23ClN4O6. The molecule has 170 valence electrons. The molecule has 1 heterocycles. The van der Waals surface area contributed by atoms with Crippen LogP contribution in [-0.2, 0) is 9.53 Å². The monoisotopic (exact) mass is 462 g/mol. The standard InChI is InChI=1S/C21H23ClN4O6/c1-24(13-20(27)23-17-11-14(22)3-6-19(17)31-2)21(28)16-12-15(26(29)30)4-5-18(16)25-7-9-32-10-8-25/h3-6,11-12H,7-10,13H2,1-2H3,(H,23,27). The zero-order chi connectivity index (χ0) is 23.3. The second-order valence-corrected chi connectivity index (χ2v) is 7.55. The van der Waals surface area contributed by atoms with Gasteiger partial charge in [0.1, 0.15) is 5.75 Å². The highest BCUT2D eigenvalue weighted by Gasteiger charge is 2.25. The van der Waals surface area contributed by atoms with Gasteiger partial charge < -0.3 is 24.6 Å². The van der Waals surface area contributed by atoms with Gasteiger partial charge in [-0.25, -0.2) is 0 Å². The van der Waals surface area contributed by atoms with E-state index in [4.69, 9.17) is 21.1 Å². The van der Waals surface area contributed by atoms with Crippen LogP contribution in [0.15, 0.2) is 36.4 Å². The Labute approximate surface area is 189 Å². The molecule has 10 nitrogen and oxygen atoms in total. The van der Waals surface area contributed by atoms with Crippen molar-refractivity contribution in [2.24, 2.45) is 0 Å². The fourth-order valence-electron chi connectivity index (χ4n) is 3.35. The number of nitro benzene ring substituents is 1. The van der Waals surface area contributed by atoms with Crippen molar-refractivity contribution in [2.75, 3.05) is 57.2 Å². The number of rotatable bonds is 7. The van der Waals surface area contributed by atoms with Crippen molar-refractivity contribution in [1.29, 1.82) is 0 Å². The molecule has 0 saturated carbocycles. The van der Waals surface area contributed by atoms with E-state index < -0.39 is 16.7 Å². The first kappa shape index (κ1) is 23.3. The van der Waals surface area contributed by atoms with Crippen LogP contribution in [0.4, 0.5) is 17.1 Å². The van der Waals surface area contributed by atoms with Crippen molar-refractivity contribution in [2.45, 2.75) is 0 Å². The zero-order valence-corrected chi connectivity index (χ0v) is 18.4. The molecule has 0 bridgehead atoms. The molecule has 2 amide bonds. The van der Waals surface area contributed by atoms with Crippen LogP contribution >= 0.6 is 11.6 Å². The van der Waals surface area contributed by atoms with E-state index in [2.05, 4.69) is 5.32 Å². The normalized spacial score (nSPS) is 13.4. The number of ether oxygens (including phenoxy) is 2. The predicted molar refractivity (Wildman–Crippen MR) is 120 cm³/mol. The number of amides is 2. The Hall–Kier alpha value is -3.37. The Kier molecular flexibility index (Phi) is 7.49. The molecule has 3 rings (SSSR count). The highest BCUT2D eigenvalue weighted by Crippen LogP contribution is 2.29. The lowest BCUT2D eigenvalue weighted by Gasteiger charge is -2.31. The maximum atomic E-state index is 13.2. The van der Waals surface area contributed by atoms with E-state index >= 15 is 0 Å². The van der Waals surface area contributed by atoms with Gasteiger partial charge in [0.15, 0.2) is 0 Å². The molecule has 0 atom stereocenters. The molecular weight excluding hydrogens is 440 g/mol. The fourth-order valence-corrected chi connectivity index (χ4v) is 3.52. The first-order valence-electron chi connectivity index (χ1n) is 9.80. The average molecular weight is 463 g/mol. The number of nitrogens with zero attached hydrogens (tertiary/aromatic N) is 3. The Morgan fingerprint density at radius 2 is 1.97 bits per heavy atom. The zero-order valence-electron chi connectivity index (χ0n) is 17.7. The van der Waals surface area contributed by atoms with E-state index in [1.807, 2.05) is 4.90 Å². The molecule has 2 aromatic carbocycles. The van der Waals surface area contributed by atoms with Gasteiger partial charge in [-0.3, -0.25) is 19.7 Å². The summed E-state index contributed by atoms with van der Waals surface area (Å²) in [5, 5.41) is 14.3. The van der Waals surface area contributed by atoms with Crippen LogP contribution in [0.3, 0.4) is 0 Å².